The van der Waals surface area contributed by atoms with Crippen LogP contribution in [0.3, 0.4) is 0 Å². The number of rotatable bonds is 4. The van der Waals surface area contributed by atoms with Crippen molar-refractivity contribution in [3.63, 3.8) is 0 Å². The third-order valence-electron chi connectivity index (χ3n) is 3.54. The predicted octanol–water partition coefficient (Wildman–Crippen LogP) is 1.99. The number of anilines is 2. The molecule has 1 aromatic heterocycles. The van der Waals surface area contributed by atoms with Crippen molar-refractivity contribution in [2.45, 2.75) is 45.6 Å². The second-order valence-electron chi connectivity index (χ2n) is 5.81. The number of aromatic nitrogens is 2. The number of aliphatic hydroxyl groups is 1. The predicted molar refractivity (Wildman–Crippen MR) is 77.7 cm³/mol. The van der Waals surface area contributed by atoms with Crippen molar-refractivity contribution in [3.05, 3.63) is 11.9 Å². The highest BCUT2D eigenvalue weighted by Gasteiger charge is 2.33. The third kappa shape index (κ3) is 2.97. The summed E-state index contributed by atoms with van der Waals surface area (Å²) in [7, 11) is 0. The summed E-state index contributed by atoms with van der Waals surface area (Å²) in [6.45, 7) is 10.6. The minimum Gasteiger partial charge on any atom is -0.388 e. The number of nitrogens with zero attached hydrogens (tertiary/aromatic N) is 3. The Bertz CT molecular complexity index is 445. The number of hydrogen-bond donors (Lipinski definition) is 2. The van der Waals surface area contributed by atoms with Crippen LogP contribution in [0.4, 0.5) is 11.6 Å². The summed E-state index contributed by atoms with van der Waals surface area (Å²) in [5, 5.41) is 13.4. The zero-order chi connectivity index (χ0) is 14.0. The molecule has 1 aliphatic heterocycles. The van der Waals surface area contributed by atoms with E-state index in [0.717, 1.165) is 36.7 Å². The van der Waals surface area contributed by atoms with Crippen LogP contribution in [0.15, 0.2) is 6.33 Å². The molecule has 0 spiro atoms. The smallest absolute Gasteiger partial charge is 0.137 e. The molecular weight excluding hydrogens is 240 g/mol. The molecule has 1 atom stereocenters. The van der Waals surface area contributed by atoms with Crippen LogP contribution in [0.2, 0.25) is 0 Å². The van der Waals surface area contributed by atoms with E-state index in [2.05, 4.69) is 41.0 Å². The highest BCUT2D eigenvalue weighted by molar-refractivity contribution is 5.61. The highest BCUT2D eigenvalue weighted by Crippen LogP contribution is 2.34. The molecule has 106 valence electrons. The highest BCUT2D eigenvalue weighted by atomic mass is 16.3. The lowest BCUT2D eigenvalue weighted by atomic mass is 10.0. The Kier molecular flexibility index (Phi) is 3.94. The van der Waals surface area contributed by atoms with E-state index >= 15 is 0 Å². The Labute approximate surface area is 115 Å². The molecule has 0 aromatic carbocycles. The Morgan fingerprint density at radius 2 is 2.21 bits per heavy atom. The molecule has 1 aliphatic rings. The molecular formula is C14H24N4O. The van der Waals surface area contributed by atoms with Gasteiger partial charge in [-0.1, -0.05) is 13.8 Å². The van der Waals surface area contributed by atoms with E-state index in [4.69, 9.17) is 0 Å². The Hall–Kier alpha value is -1.36. The lowest BCUT2D eigenvalue weighted by molar-refractivity contribution is 0.0839. The Morgan fingerprint density at radius 3 is 2.74 bits per heavy atom. The van der Waals surface area contributed by atoms with Gasteiger partial charge in [0, 0.05) is 25.2 Å². The monoisotopic (exact) mass is 264 g/mol. The topological polar surface area (TPSA) is 61.3 Å². The SMILES string of the molecule is CCNc1ncnc(N2CCC(C)(O)C2)c1C(C)C. The van der Waals surface area contributed by atoms with Gasteiger partial charge in [-0.25, -0.2) is 9.97 Å². The quantitative estimate of drug-likeness (QED) is 0.871. The summed E-state index contributed by atoms with van der Waals surface area (Å²) < 4.78 is 0. The molecule has 5 heteroatoms. The van der Waals surface area contributed by atoms with Crippen LogP contribution in [0.5, 0.6) is 0 Å². The summed E-state index contributed by atoms with van der Waals surface area (Å²) in [5.74, 6) is 2.21. The molecule has 5 nitrogen and oxygen atoms in total. The largest absolute Gasteiger partial charge is 0.388 e. The lowest BCUT2D eigenvalue weighted by Gasteiger charge is -2.25. The third-order valence-corrected chi connectivity index (χ3v) is 3.54. The Morgan fingerprint density at radius 1 is 1.47 bits per heavy atom. The number of hydrogen-bond acceptors (Lipinski definition) is 5. The van der Waals surface area contributed by atoms with E-state index in [1.54, 1.807) is 6.33 Å². The van der Waals surface area contributed by atoms with Crippen LogP contribution in [-0.4, -0.2) is 40.3 Å². The minimum atomic E-state index is -0.614. The van der Waals surface area contributed by atoms with Crippen LogP contribution in [0, 0.1) is 0 Å². The van der Waals surface area contributed by atoms with E-state index in [-0.39, 0.29) is 0 Å². The van der Waals surface area contributed by atoms with Gasteiger partial charge in [0.15, 0.2) is 0 Å². The van der Waals surface area contributed by atoms with Gasteiger partial charge in [0.05, 0.1) is 5.60 Å². The summed E-state index contributed by atoms with van der Waals surface area (Å²) in [6.07, 6.45) is 2.39. The van der Waals surface area contributed by atoms with Crippen molar-refractivity contribution in [2.75, 3.05) is 29.9 Å². The Balaban J connectivity index is 2.37. The maximum Gasteiger partial charge on any atom is 0.137 e. The van der Waals surface area contributed by atoms with Crippen LogP contribution in [-0.2, 0) is 0 Å². The van der Waals surface area contributed by atoms with Crippen LogP contribution in [0.25, 0.3) is 0 Å². The average Bonchev–Trinajstić information content (AvgIpc) is 2.69. The van der Waals surface area contributed by atoms with Crippen molar-refractivity contribution in [1.29, 1.82) is 0 Å². The second kappa shape index (κ2) is 5.33. The fourth-order valence-electron chi connectivity index (χ4n) is 2.60. The normalized spacial score (nSPS) is 23.2. The molecule has 2 rings (SSSR count). The molecule has 0 bridgehead atoms. The summed E-state index contributed by atoms with van der Waals surface area (Å²) in [5.41, 5.74) is 0.527. The molecule has 2 heterocycles. The van der Waals surface area contributed by atoms with Crippen LogP contribution >= 0.6 is 0 Å². The summed E-state index contributed by atoms with van der Waals surface area (Å²) in [4.78, 5) is 11.0. The van der Waals surface area contributed by atoms with Gasteiger partial charge in [0.1, 0.15) is 18.0 Å². The van der Waals surface area contributed by atoms with E-state index in [9.17, 15) is 5.11 Å². The van der Waals surface area contributed by atoms with E-state index < -0.39 is 5.60 Å². The van der Waals surface area contributed by atoms with E-state index in [0.29, 0.717) is 12.5 Å². The molecule has 1 unspecified atom stereocenters. The van der Waals surface area contributed by atoms with E-state index in [1.807, 2.05) is 6.92 Å². The summed E-state index contributed by atoms with van der Waals surface area (Å²) >= 11 is 0. The van der Waals surface area contributed by atoms with Crippen molar-refractivity contribution >= 4 is 11.6 Å². The maximum absolute atomic E-state index is 10.1. The average molecular weight is 264 g/mol. The van der Waals surface area contributed by atoms with Gasteiger partial charge in [0.2, 0.25) is 0 Å². The van der Waals surface area contributed by atoms with Gasteiger partial charge in [-0.05, 0) is 26.2 Å². The molecule has 0 aliphatic carbocycles. The fourth-order valence-corrected chi connectivity index (χ4v) is 2.60. The first-order valence-electron chi connectivity index (χ1n) is 7.00. The van der Waals surface area contributed by atoms with Gasteiger partial charge in [0.25, 0.3) is 0 Å². The minimum absolute atomic E-state index is 0.343. The zero-order valence-corrected chi connectivity index (χ0v) is 12.3. The molecule has 1 aromatic rings. The number of β-amino-alcohol motifs (C(OH)–C–C–N with tert-alkyl or cyclic N) is 1. The van der Waals surface area contributed by atoms with E-state index in [1.165, 1.54) is 0 Å². The molecule has 19 heavy (non-hydrogen) atoms. The van der Waals surface area contributed by atoms with Gasteiger partial charge >= 0.3 is 0 Å². The van der Waals surface area contributed by atoms with Gasteiger partial charge in [-0.3, -0.25) is 0 Å². The van der Waals surface area contributed by atoms with Crippen molar-refractivity contribution < 1.29 is 5.11 Å². The first-order valence-corrected chi connectivity index (χ1v) is 7.00. The molecule has 0 amide bonds. The molecule has 0 saturated carbocycles. The maximum atomic E-state index is 10.1. The summed E-state index contributed by atoms with van der Waals surface area (Å²) in [6, 6.07) is 0. The van der Waals surface area contributed by atoms with Crippen molar-refractivity contribution in [3.8, 4) is 0 Å². The standard InChI is InChI=1S/C14H24N4O/c1-5-15-12-11(10(2)3)13(17-9-16-12)18-7-6-14(4,19)8-18/h9-10,19H,5-8H2,1-4H3,(H,15,16,17). The number of nitrogens with one attached hydrogen (secondary N) is 1. The fraction of sp³-hybridized carbons (Fsp3) is 0.714. The van der Waals surface area contributed by atoms with Crippen molar-refractivity contribution in [1.82, 2.24) is 9.97 Å². The lowest BCUT2D eigenvalue weighted by Crippen LogP contribution is -2.31. The van der Waals surface area contributed by atoms with Crippen LogP contribution < -0.4 is 10.2 Å². The molecule has 2 N–H and O–H groups in total. The molecule has 1 saturated heterocycles. The van der Waals surface area contributed by atoms with Gasteiger partial charge < -0.3 is 15.3 Å². The molecule has 1 fully saturated rings. The van der Waals surface area contributed by atoms with Crippen LogP contribution in [0.1, 0.15) is 45.6 Å². The van der Waals surface area contributed by atoms with Crippen molar-refractivity contribution in [2.24, 2.45) is 0 Å². The first kappa shape index (κ1) is 14.1. The second-order valence-corrected chi connectivity index (χ2v) is 5.81. The zero-order valence-electron chi connectivity index (χ0n) is 12.3. The van der Waals surface area contributed by atoms with Gasteiger partial charge in [-0.2, -0.15) is 0 Å². The first-order chi connectivity index (χ1) is 8.94. The van der Waals surface area contributed by atoms with Gasteiger partial charge in [-0.15, -0.1) is 0 Å². The molecule has 0 radical (unpaired) electrons.